The Morgan fingerprint density at radius 2 is 1.03 bits per heavy atom. The smallest absolute Gasteiger partial charge is 0.138 e. The first-order valence-corrected chi connectivity index (χ1v) is 11.6. The molecule has 4 saturated heterocycles. The first-order valence-electron chi connectivity index (χ1n) is 11.6. The van der Waals surface area contributed by atoms with Crippen LogP contribution in [0.4, 0.5) is 11.4 Å². The second kappa shape index (κ2) is 7.52. The van der Waals surface area contributed by atoms with Gasteiger partial charge in [0, 0.05) is 25.2 Å². The Morgan fingerprint density at radius 1 is 0.625 bits per heavy atom. The van der Waals surface area contributed by atoms with E-state index in [4.69, 9.17) is 0 Å². The topological polar surface area (TPSA) is 59.9 Å². The summed E-state index contributed by atoms with van der Waals surface area (Å²) in [7, 11) is 0. The number of para-hydroxylation sites is 4. The zero-order valence-corrected chi connectivity index (χ0v) is 18.7. The van der Waals surface area contributed by atoms with E-state index in [1.165, 1.54) is 0 Å². The van der Waals surface area contributed by atoms with Crippen LogP contribution in [0.2, 0.25) is 0 Å². The van der Waals surface area contributed by atoms with Crippen molar-refractivity contribution < 1.29 is 10.2 Å². The largest absolute Gasteiger partial charge is 0.506 e. The molecule has 2 aromatic rings. The number of aromatic hydroxyl groups is 2. The molecule has 0 aliphatic carbocycles. The van der Waals surface area contributed by atoms with Crippen molar-refractivity contribution in [2.24, 2.45) is 0 Å². The van der Waals surface area contributed by atoms with Crippen molar-refractivity contribution in [3.63, 3.8) is 0 Å². The number of rotatable bonds is 2. The van der Waals surface area contributed by atoms with E-state index in [1.54, 1.807) is 12.1 Å². The third kappa shape index (κ3) is 3.05. The number of hydrogen-bond acceptors (Lipinski definition) is 8. The van der Waals surface area contributed by atoms with Crippen LogP contribution in [0.25, 0.3) is 0 Å². The van der Waals surface area contributed by atoms with Gasteiger partial charge in [0.1, 0.15) is 11.5 Å². The molecule has 0 aromatic heterocycles. The maximum Gasteiger partial charge on any atom is 0.138 e. The summed E-state index contributed by atoms with van der Waals surface area (Å²) in [6.45, 7) is 9.82. The zero-order chi connectivity index (χ0) is 22.0. The highest BCUT2D eigenvalue weighted by Gasteiger charge is 2.54. The molecule has 0 radical (unpaired) electrons. The van der Waals surface area contributed by atoms with Gasteiger partial charge in [-0.15, -0.1) is 0 Å². The molecule has 4 fully saturated rings. The summed E-state index contributed by atoms with van der Waals surface area (Å²) in [5, 5.41) is 20.9. The lowest BCUT2D eigenvalue weighted by molar-refractivity contribution is -0.207. The van der Waals surface area contributed by atoms with Crippen LogP contribution in [-0.4, -0.2) is 94.0 Å². The molecular formula is C24H32N6O2. The van der Waals surface area contributed by atoms with E-state index in [-0.39, 0.29) is 0 Å². The van der Waals surface area contributed by atoms with Gasteiger partial charge < -0.3 is 20.0 Å². The van der Waals surface area contributed by atoms with E-state index in [0.29, 0.717) is 35.9 Å². The molecule has 8 nitrogen and oxygen atoms in total. The Labute approximate surface area is 189 Å². The maximum atomic E-state index is 10.5. The van der Waals surface area contributed by atoms with Gasteiger partial charge in [-0.05, 0) is 38.1 Å². The lowest BCUT2D eigenvalue weighted by atomic mass is 9.99. The van der Waals surface area contributed by atoms with Crippen LogP contribution < -0.4 is 9.80 Å². The van der Waals surface area contributed by atoms with E-state index in [1.807, 2.05) is 36.4 Å². The van der Waals surface area contributed by atoms with Gasteiger partial charge in [0.15, 0.2) is 0 Å². The fourth-order valence-electron chi connectivity index (χ4n) is 6.18. The Morgan fingerprint density at radius 3 is 1.44 bits per heavy atom. The second-order valence-corrected chi connectivity index (χ2v) is 9.72. The van der Waals surface area contributed by atoms with Gasteiger partial charge in [0.05, 0.1) is 50.4 Å². The van der Waals surface area contributed by atoms with Crippen molar-refractivity contribution in [2.45, 2.75) is 38.3 Å². The van der Waals surface area contributed by atoms with E-state index >= 15 is 0 Å². The summed E-state index contributed by atoms with van der Waals surface area (Å²) in [6, 6.07) is 16.1. The average Bonchev–Trinajstić information content (AvgIpc) is 2.78. The summed E-state index contributed by atoms with van der Waals surface area (Å²) < 4.78 is 0. The van der Waals surface area contributed by atoms with E-state index in [9.17, 15) is 10.2 Å². The molecule has 6 rings (SSSR count). The van der Waals surface area contributed by atoms with E-state index in [0.717, 1.165) is 51.1 Å². The van der Waals surface area contributed by atoms with Crippen LogP contribution in [0.1, 0.15) is 13.8 Å². The number of phenols is 2. The molecule has 2 N–H and O–H groups in total. The molecule has 32 heavy (non-hydrogen) atoms. The second-order valence-electron chi connectivity index (χ2n) is 9.72. The molecule has 4 unspecified atom stereocenters. The summed E-state index contributed by atoms with van der Waals surface area (Å²) in [4.78, 5) is 15.0. The van der Waals surface area contributed by atoms with E-state index < -0.39 is 0 Å². The lowest BCUT2D eigenvalue weighted by Crippen LogP contribution is -2.84. The van der Waals surface area contributed by atoms with Gasteiger partial charge in [-0.2, -0.15) is 0 Å². The fourth-order valence-corrected chi connectivity index (χ4v) is 6.18. The van der Waals surface area contributed by atoms with Gasteiger partial charge in [-0.3, -0.25) is 19.6 Å². The average molecular weight is 437 g/mol. The SMILES string of the molecule is CC1CN2CN(c3ccccc3O)CN3C(C)CN4CN(c5ccccc5O)CN1C4C23. The van der Waals surface area contributed by atoms with Crippen molar-refractivity contribution in [3.05, 3.63) is 48.5 Å². The third-order valence-electron chi connectivity index (χ3n) is 7.64. The molecule has 0 spiro atoms. The lowest BCUT2D eigenvalue weighted by Gasteiger charge is -2.67. The normalized spacial score (nSPS) is 31.6. The van der Waals surface area contributed by atoms with Crippen LogP contribution in [0, 0.1) is 0 Å². The highest BCUT2D eigenvalue weighted by Crippen LogP contribution is 2.40. The molecule has 4 atom stereocenters. The Balaban J connectivity index is 1.31. The molecular weight excluding hydrogens is 404 g/mol. The van der Waals surface area contributed by atoms with E-state index in [2.05, 4.69) is 43.2 Å². The number of phenolic OH excluding ortho intramolecular Hbond substituents is 2. The molecule has 2 aromatic carbocycles. The molecule has 4 heterocycles. The summed E-state index contributed by atoms with van der Waals surface area (Å²) in [5.41, 5.74) is 1.81. The van der Waals surface area contributed by atoms with Crippen molar-refractivity contribution in [2.75, 3.05) is 49.6 Å². The van der Waals surface area contributed by atoms with Crippen LogP contribution in [0.15, 0.2) is 48.5 Å². The standard InChI is InChI=1S/C24H32N6O2/c1-17-11-25-13-28(20-8-4-6-10-22(20)32)16-30-18(2)12-26-14-27(15-29(17)23(26)24(25)30)19-7-3-5-9-21(19)31/h3-10,17-18,23-24,31-32H,11-16H2,1-2H3. The van der Waals surface area contributed by atoms with Crippen LogP contribution >= 0.6 is 0 Å². The summed E-state index contributed by atoms with van der Waals surface area (Å²) >= 11 is 0. The van der Waals surface area contributed by atoms with Gasteiger partial charge in [0.2, 0.25) is 0 Å². The fraction of sp³-hybridized carbons (Fsp3) is 0.500. The van der Waals surface area contributed by atoms with Crippen LogP contribution in [0.5, 0.6) is 11.5 Å². The number of hydrogen-bond donors (Lipinski definition) is 2. The first-order chi connectivity index (χ1) is 15.5. The van der Waals surface area contributed by atoms with Crippen molar-refractivity contribution >= 4 is 11.4 Å². The quantitative estimate of drug-likeness (QED) is 0.741. The molecule has 0 amide bonds. The number of anilines is 2. The Hall–Kier alpha value is -2.52. The highest BCUT2D eigenvalue weighted by molar-refractivity contribution is 5.58. The minimum atomic E-state index is 0.323. The van der Waals surface area contributed by atoms with Gasteiger partial charge in [0.25, 0.3) is 0 Å². The monoisotopic (exact) mass is 436 g/mol. The highest BCUT2D eigenvalue weighted by atomic mass is 16.3. The van der Waals surface area contributed by atoms with Gasteiger partial charge >= 0.3 is 0 Å². The summed E-state index contributed by atoms with van der Waals surface area (Å²) in [5.74, 6) is 0.694. The number of nitrogens with zero attached hydrogens (tertiary/aromatic N) is 6. The Bertz CT molecular complexity index is 924. The van der Waals surface area contributed by atoms with Crippen LogP contribution in [-0.2, 0) is 0 Å². The Kier molecular flexibility index (Phi) is 4.73. The van der Waals surface area contributed by atoms with Crippen molar-refractivity contribution in [3.8, 4) is 11.5 Å². The molecule has 170 valence electrons. The van der Waals surface area contributed by atoms with Crippen molar-refractivity contribution in [1.82, 2.24) is 19.6 Å². The third-order valence-corrected chi connectivity index (χ3v) is 7.64. The maximum absolute atomic E-state index is 10.5. The minimum Gasteiger partial charge on any atom is -0.506 e. The molecule has 0 bridgehead atoms. The molecule has 4 aliphatic rings. The molecule has 8 heteroatoms. The van der Waals surface area contributed by atoms with Gasteiger partial charge in [-0.25, -0.2) is 0 Å². The van der Waals surface area contributed by atoms with Crippen LogP contribution in [0.3, 0.4) is 0 Å². The number of benzene rings is 2. The summed E-state index contributed by atoms with van der Waals surface area (Å²) in [6.07, 6.45) is 0.646. The predicted octanol–water partition coefficient (Wildman–Crippen LogP) is 1.93. The minimum absolute atomic E-state index is 0.323. The number of piperazine rings is 2. The molecule has 0 saturated carbocycles. The zero-order valence-electron chi connectivity index (χ0n) is 18.7. The van der Waals surface area contributed by atoms with Crippen molar-refractivity contribution in [1.29, 1.82) is 0 Å². The predicted molar refractivity (Wildman–Crippen MR) is 124 cm³/mol. The van der Waals surface area contributed by atoms with Gasteiger partial charge in [-0.1, -0.05) is 24.3 Å². The first kappa shape index (κ1) is 20.1. The molecule has 4 aliphatic heterocycles.